The minimum Gasteiger partial charge on any atom is -0.480 e. The lowest BCUT2D eigenvalue weighted by Gasteiger charge is -2.22. The van der Waals surface area contributed by atoms with Crippen molar-refractivity contribution in [3.63, 3.8) is 0 Å². The number of aliphatic hydroxyl groups is 1. The lowest BCUT2D eigenvalue weighted by atomic mass is 10.0. The summed E-state index contributed by atoms with van der Waals surface area (Å²) in [7, 11) is 0. The summed E-state index contributed by atoms with van der Waals surface area (Å²) in [6, 6.07) is 3.79. The first-order valence-corrected chi connectivity index (χ1v) is 11.6. The highest BCUT2D eigenvalue weighted by atomic mass is 16.4. The zero-order valence-corrected chi connectivity index (χ0v) is 20.4. The molecule has 4 unspecified atom stereocenters. The van der Waals surface area contributed by atoms with Crippen LogP contribution in [0.3, 0.4) is 0 Å². The van der Waals surface area contributed by atoms with Crippen molar-refractivity contribution in [1.82, 2.24) is 20.9 Å². The number of nitrogens with zero attached hydrogens (tertiary/aromatic N) is 1. The van der Waals surface area contributed by atoms with E-state index in [-0.39, 0.29) is 25.3 Å². The Labute approximate surface area is 213 Å². The monoisotopic (exact) mass is 518 g/mol. The second kappa shape index (κ2) is 13.8. The average molecular weight is 519 g/mol. The number of aliphatic imine (C=N–C) groups is 1. The van der Waals surface area contributed by atoms with Gasteiger partial charge in [0.25, 0.3) is 0 Å². The Morgan fingerprint density at radius 1 is 1.08 bits per heavy atom. The van der Waals surface area contributed by atoms with Gasteiger partial charge in [-0.2, -0.15) is 0 Å². The van der Waals surface area contributed by atoms with Gasteiger partial charge in [0.1, 0.15) is 18.1 Å². The molecule has 2 rings (SSSR count). The molecule has 2 aromatic rings. The first-order valence-electron chi connectivity index (χ1n) is 11.6. The number of nitrogens with two attached hydrogens (primary N) is 3. The molecule has 12 N–H and O–H groups in total. The van der Waals surface area contributed by atoms with E-state index in [4.69, 9.17) is 17.2 Å². The Kier molecular flexibility index (Phi) is 10.8. The van der Waals surface area contributed by atoms with Crippen LogP contribution in [0, 0.1) is 0 Å². The summed E-state index contributed by atoms with van der Waals surface area (Å²) in [6.07, 6.45) is 1.00. The van der Waals surface area contributed by atoms with E-state index in [1.165, 1.54) is 6.92 Å². The molecule has 3 amide bonds. The maximum absolute atomic E-state index is 13.0. The number of carboxylic acids is 1. The largest absolute Gasteiger partial charge is 0.480 e. The van der Waals surface area contributed by atoms with Crippen LogP contribution in [0.4, 0.5) is 0 Å². The Balaban J connectivity index is 2.05. The maximum atomic E-state index is 13.0. The van der Waals surface area contributed by atoms with Crippen molar-refractivity contribution in [2.75, 3.05) is 13.1 Å². The summed E-state index contributed by atoms with van der Waals surface area (Å²) in [6.45, 7) is 1.02. The Bertz CT molecular complexity index is 1130. The van der Waals surface area contributed by atoms with Crippen LogP contribution in [0.2, 0.25) is 0 Å². The van der Waals surface area contributed by atoms with E-state index in [0.29, 0.717) is 6.42 Å². The van der Waals surface area contributed by atoms with E-state index < -0.39 is 54.5 Å². The fourth-order valence-electron chi connectivity index (χ4n) is 3.51. The molecular formula is C23H34N8O6. The van der Waals surface area contributed by atoms with Gasteiger partial charge >= 0.3 is 5.97 Å². The van der Waals surface area contributed by atoms with Gasteiger partial charge in [0.15, 0.2) is 5.96 Å². The molecule has 0 saturated heterocycles. The number of carboxylic acid groups (broad SMARTS) is 1. The van der Waals surface area contributed by atoms with E-state index in [2.05, 4.69) is 25.9 Å². The number of aliphatic hydroxyl groups excluding tert-OH is 1. The second-order valence-electron chi connectivity index (χ2n) is 8.52. The number of nitrogens with one attached hydrogen (secondary N) is 4. The first-order chi connectivity index (χ1) is 17.5. The summed E-state index contributed by atoms with van der Waals surface area (Å²) in [5.74, 6) is -3.54. The Hall–Kier alpha value is -4.17. The molecule has 1 aromatic heterocycles. The zero-order valence-electron chi connectivity index (χ0n) is 20.4. The number of para-hydroxylation sites is 1. The predicted molar refractivity (Wildman–Crippen MR) is 136 cm³/mol. The van der Waals surface area contributed by atoms with Crippen LogP contribution in [0.15, 0.2) is 35.5 Å². The highest BCUT2D eigenvalue weighted by Gasteiger charge is 2.27. The van der Waals surface area contributed by atoms with Crippen LogP contribution in [0.25, 0.3) is 10.9 Å². The summed E-state index contributed by atoms with van der Waals surface area (Å²) >= 11 is 0. The van der Waals surface area contributed by atoms with E-state index >= 15 is 0 Å². The summed E-state index contributed by atoms with van der Waals surface area (Å²) in [4.78, 5) is 56.1. The number of guanidine groups is 1. The van der Waals surface area contributed by atoms with E-state index in [1.807, 2.05) is 24.3 Å². The number of amides is 3. The molecule has 0 spiro atoms. The molecular weight excluding hydrogens is 484 g/mol. The quantitative estimate of drug-likeness (QED) is 0.0735. The lowest BCUT2D eigenvalue weighted by Crippen LogP contribution is -2.56. The molecule has 14 nitrogen and oxygen atoms in total. The van der Waals surface area contributed by atoms with Crippen LogP contribution >= 0.6 is 0 Å². The molecule has 0 bridgehead atoms. The standard InChI is InChI=1S/C23H34N8O6/c1-12(32)19(24)21(35)31-17(9-13-10-28-15-6-3-2-5-14(13)15)20(34)29-11-18(33)30-16(22(36)37)7-4-8-27-23(25)26/h2-3,5-6,10,12,16-17,19,28,32H,4,7-9,11,24H2,1H3,(H,29,34)(H,30,33)(H,31,35)(H,36,37)(H4,25,26,27). The van der Waals surface area contributed by atoms with Crippen molar-refractivity contribution in [1.29, 1.82) is 0 Å². The van der Waals surface area contributed by atoms with Crippen molar-refractivity contribution in [2.45, 2.75) is 50.4 Å². The third-order valence-corrected chi connectivity index (χ3v) is 5.56. The van der Waals surface area contributed by atoms with Crippen molar-refractivity contribution in [2.24, 2.45) is 22.2 Å². The van der Waals surface area contributed by atoms with Gasteiger partial charge in [-0.1, -0.05) is 18.2 Å². The van der Waals surface area contributed by atoms with Gasteiger partial charge in [-0.15, -0.1) is 0 Å². The van der Waals surface area contributed by atoms with E-state index in [0.717, 1.165) is 16.5 Å². The number of benzene rings is 1. The summed E-state index contributed by atoms with van der Waals surface area (Å²) in [5.41, 5.74) is 17.7. The van der Waals surface area contributed by atoms with Crippen LogP contribution in [-0.4, -0.2) is 82.2 Å². The van der Waals surface area contributed by atoms with Crippen LogP contribution < -0.4 is 33.2 Å². The fourth-order valence-corrected chi connectivity index (χ4v) is 3.51. The molecule has 202 valence electrons. The van der Waals surface area contributed by atoms with Gasteiger partial charge in [-0.25, -0.2) is 4.79 Å². The second-order valence-corrected chi connectivity index (χ2v) is 8.52. The van der Waals surface area contributed by atoms with Crippen molar-refractivity contribution < 1.29 is 29.4 Å². The molecule has 4 atom stereocenters. The molecule has 1 heterocycles. The van der Waals surface area contributed by atoms with Crippen LogP contribution in [-0.2, 0) is 25.6 Å². The topological polar surface area (TPSA) is 251 Å². The van der Waals surface area contributed by atoms with E-state index in [1.54, 1.807) is 6.20 Å². The number of hydrogen-bond donors (Lipinski definition) is 9. The van der Waals surface area contributed by atoms with Gasteiger partial charge < -0.3 is 48.3 Å². The lowest BCUT2D eigenvalue weighted by molar-refractivity contribution is -0.142. The fraction of sp³-hybridized carbons (Fsp3) is 0.435. The van der Waals surface area contributed by atoms with Crippen molar-refractivity contribution in [3.05, 3.63) is 36.0 Å². The number of carbonyl (C=O) groups excluding carboxylic acids is 3. The van der Waals surface area contributed by atoms with Gasteiger partial charge in [-0.05, 0) is 31.4 Å². The normalized spacial score (nSPS) is 14.1. The number of H-pyrrole nitrogens is 1. The van der Waals surface area contributed by atoms with Crippen molar-refractivity contribution in [3.8, 4) is 0 Å². The highest BCUT2D eigenvalue weighted by molar-refractivity contribution is 5.93. The SMILES string of the molecule is CC(O)C(N)C(=O)NC(Cc1c[nH]c2ccccc12)C(=O)NCC(=O)NC(CCCN=C(N)N)C(=O)O. The maximum Gasteiger partial charge on any atom is 0.326 e. The minimum absolute atomic E-state index is 0.0677. The first kappa shape index (κ1) is 29.1. The Morgan fingerprint density at radius 2 is 1.78 bits per heavy atom. The molecule has 1 aromatic carbocycles. The van der Waals surface area contributed by atoms with Gasteiger partial charge in [0.05, 0.1) is 12.6 Å². The van der Waals surface area contributed by atoms with Crippen LogP contribution in [0.1, 0.15) is 25.3 Å². The number of carbonyl (C=O) groups is 4. The molecule has 37 heavy (non-hydrogen) atoms. The number of fused-ring (bicyclic) bond motifs is 1. The summed E-state index contributed by atoms with van der Waals surface area (Å²) in [5, 5.41) is 27.1. The predicted octanol–water partition coefficient (Wildman–Crippen LogP) is -2.36. The highest BCUT2D eigenvalue weighted by Crippen LogP contribution is 2.19. The average Bonchev–Trinajstić information content (AvgIpc) is 3.25. The summed E-state index contributed by atoms with van der Waals surface area (Å²) < 4.78 is 0. The zero-order chi connectivity index (χ0) is 27.5. The number of rotatable bonds is 14. The van der Waals surface area contributed by atoms with Gasteiger partial charge in [-0.3, -0.25) is 19.4 Å². The molecule has 0 aliphatic carbocycles. The number of aliphatic carboxylic acids is 1. The molecule has 14 heteroatoms. The Morgan fingerprint density at radius 3 is 2.43 bits per heavy atom. The number of hydrogen-bond acceptors (Lipinski definition) is 7. The minimum atomic E-state index is -1.27. The molecule has 0 saturated carbocycles. The molecule has 0 fully saturated rings. The van der Waals surface area contributed by atoms with Gasteiger partial charge in [0.2, 0.25) is 17.7 Å². The van der Waals surface area contributed by atoms with Gasteiger partial charge in [0, 0.05) is 30.1 Å². The molecule has 0 aliphatic rings. The third kappa shape index (κ3) is 9.09. The number of aromatic nitrogens is 1. The number of aromatic amines is 1. The van der Waals surface area contributed by atoms with E-state index in [9.17, 15) is 29.4 Å². The van der Waals surface area contributed by atoms with Crippen LogP contribution in [0.5, 0.6) is 0 Å². The molecule has 0 aliphatic heterocycles. The van der Waals surface area contributed by atoms with Crippen molar-refractivity contribution >= 4 is 40.6 Å². The molecule has 0 radical (unpaired) electrons. The smallest absolute Gasteiger partial charge is 0.326 e. The third-order valence-electron chi connectivity index (χ3n) is 5.56.